The number of pyridine rings is 1. The van der Waals surface area contributed by atoms with E-state index in [1.165, 1.54) is 12.1 Å². The first-order valence-electron chi connectivity index (χ1n) is 8.52. The van der Waals surface area contributed by atoms with Crippen LogP contribution in [0.4, 0.5) is 24.5 Å². The predicted octanol–water partition coefficient (Wildman–Crippen LogP) is 3.49. The van der Waals surface area contributed by atoms with Gasteiger partial charge < -0.3 is 15.2 Å². The fraction of sp³-hybridized carbons (Fsp3) is 0.316. The lowest BCUT2D eigenvalue weighted by atomic mass is 10.1. The largest absolute Gasteiger partial charge is 0.417 e. The summed E-state index contributed by atoms with van der Waals surface area (Å²) in [5, 5.41) is 5.21. The van der Waals surface area contributed by atoms with Gasteiger partial charge in [-0.3, -0.25) is 14.4 Å². The van der Waals surface area contributed by atoms with E-state index in [9.17, 15) is 27.6 Å². The minimum Gasteiger partial charge on any atom is -0.326 e. The number of halogens is 3. The second-order valence-corrected chi connectivity index (χ2v) is 6.65. The van der Waals surface area contributed by atoms with Crippen molar-refractivity contribution in [2.45, 2.75) is 33.0 Å². The van der Waals surface area contributed by atoms with Crippen LogP contribution in [-0.4, -0.2) is 16.4 Å². The van der Waals surface area contributed by atoms with Crippen LogP contribution in [0.5, 0.6) is 0 Å². The molecule has 1 heterocycles. The number of aromatic nitrogens is 1. The molecule has 0 unspecified atom stereocenters. The molecule has 150 valence electrons. The molecular weight excluding hydrogens is 375 g/mol. The van der Waals surface area contributed by atoms with E-state index in [-0.39, 0.29) is 11.8 Å². The number of nitrogens with one attached hydrogen (secondary N) is 2. The van der Waals surface area contributed by atoms with Crippen molar-refractivity contribution in [1.82, 2.24) is 4.57 Å². The summed E-state index contributed by atoms with van der Waals surface area (Å²) < 4.78 is 38.9. The van der Waals surface area contributed by atoms with Crippen molar-refractivity contribution >= 4 is 23.2 Å². The average molecular weight is 395 g/mol. The number of amides is 2. The third-order valence-electron chi connectivity index (χ3n) is 3.67. The van der Waals surface area contributed by atoms with Gasteiger partial charge in [-0.15, -0.1) is 0 Å². The van der Waals surface area contributed by atoms with Crippen molar-refractivity contribution in [3.05, 3.63) is 58.5 Å². The molecule has 0 bridgehead atoms. The Hall–Kier alpha value is -3.10. The lowest BCUT2D eigenvalue weighted by molar-refractivity contribution is -0.138. The minimum absolute atomic E-state index is 0.129. The number of carbonyl (C=O) groups excluding carboxylic acids is 2. The van der Waals surface area contributed by atoms with Gasteiger partial charge >= 0.3 is 6.18 Å². The number of rotatable bonds is 6. The van der Waals surface area contributed by atoms with E-state index in [2.05, 4.69) is 10.6 Å². The number of alkyl halides is 3. The molecule has 0 spiro atoms. The first-order chi connectivity index (χ1) is 13.0. The van der Waals surface area contributed by atoms with Crippen LogP contribution in [0.1, 0.15) is 25.8 Å². The molecule has 0 fully saturated rings. The Balaban J connectivity index is 2.00. The van der Waals surface area contributed by atoms with Gasteiger partial charge in [-0.1, -0.05) is 13.8 Å². The van der Waals surface area contributed by atoms with Gasteiger partial charge in [0.15, 0.2) is 0 Å². The summed E-state index contributed by atoms with van der Waals surface area (Å²) in [7, 11) is 0. The minimum atomic E-state index is -4.61. The van der Waals surface area contributed by atoms with Gasteiger partial charge in [-0.2, -0.15) is 13.2 Å². The van der Waals surface area contributed by atoms with Crippen LogP contribution in [0.2, 0.25) is 0 Å². The molecule has 0 aliphatic carbocycles. The first-order valence-corrected chi connectivity index (χ1v) is 8.52. The highest BCUT2D eigenvalue weighted by Crippen LogP contribution is 2.28. The van der Waals surface area contributed by atoms with Crippen LogP contribution in [0.25, 0.3) is 0 Å². The molecule has 2 rings (SSSR count). The van der Waals surface area contributed by atoms with Gasteiger partial charge in [-0.05, 0) is 36.2 Å². The van der Waals surface area contributed by atoms with Crippen molar-refractivity contribution < 1.29 is 22.8 Å². The standard InChI is InChI=1S/C19H20F3N3O3/c1-12(2)9-16(26)23-14-4-6-15(7-5-14)24-17(27)11-25-10-13(19(20,21)22)3-8-18(25)28/h3-8,10,12H,9,11H2,1-2H3,(H,23,26)(H,24,27). The number of anilines is 2. The summed E-state index contributed by atoms with van der Waals surface area (Å²) in [5.41, 5.74) is -0.794. The molecule has 0 saturated heterocycles. The Morgan fingerprint density at radius 3 is 2.00 bits per heavy atom. The molecule has 2 N–H and O–H groups in total. The number of carbonyl (C=O) groups is 2. The average Bonchev–Trinajstić information content (AvgIpc) is 2.57. The predicted molar refractivity (Wildman–Crippen MR) is 98.9 cm³/mol. The summed E-state index contributed by atoms with van der Waals surface area (Å²) in [4.78, 5) is 35.5. The second kappa shape index (κ2) is 8.73. The summed E-state index contributed by atoms with van der Waals surface area (Å²) >= 11 is 0. The second-order valence-electron chi connectivity index (χ2n) is 6.65. The molecule has 1 aromatic carbocycles. The first kappa shape index (κ1) is 21.2. The quantitative estimate of drug-likeness (QED) is 0.786. The molecule has 6 nitrogen and oxygen atoms in total. The normalized spacial score (nSPS) is 11.4. The van der Waals surface area contributed by atoms with E-state index in [1.54, 1.807) is 12.1 Å². The van der Waals surface area contributed by atoms with E-state index in [1.807, 2.05) is 13.8 Å². The van der Waals surface area contributed by atoms with Crippen molar-refractivity contribution in [2.75, 3.05) is 10.6 Å². The number of hydrogen-bond acceptors (Lipinski definition) is 3. The maximum atomic E-state index is 12.7. The smallest absolute Gasteiger partial charge is 0.326 e. The van der Waals surface area contributed by atoms with Crippen molar-refractivity contribution in [3.8, 4) is 0 Å². The van der Waals surface area contributed by atoms with Crippen LogP contribution in [0.15, 0.2) is 47.4 Å². The third kappa shape index (κ3) is 6.26. The van der Waals surface area contributed by atoms with E-state index in [0.29, 0.717) is 34.6 Å². The highest BCUT2D eigenvalue weighted by Gasteiger charge is 2.31. The Bertz CT molecular complexity index is 903. The number of hydrogen-bond donors (Lipinski definition) is 2. The molecular formula is C19H20F3N3O3. The highest BCUT2D eigenvalue weighted by molar-refractivity contribution is 5.92. The van der Waals surface area contributed by atoms with Gasteiger partial charge in [0.2, 0.25) is 11.8 Å². The number of nitrogens with zero attached hydrogens (tertiary/aromatic N) is 1. The fourth-order valence-corrected chi connectivity index (χ4v) is 2.40. The van der Waals surface area contributed by atoms with Crippen LogP contribution >= 0.6 is 0 Å². The molecule has 1 aromatic heterocycles. The van der Waals surface area contributed by atoms with Gasteiger partial charge in [0.05, 0.1) is 5.56 Å². The van der Waals surface area contributed by atoms with Crippen LogP contribution in [0.3, 0.4) is 0 Å². The topological polar surface area (TPSA) is 80.2 Å². The molecule has 0 aliphatic heterocycles. The van der Waals surface area contributed by atoms with Crippen molar-refractivity contribution in [1.29, 1.82) is 0 Å². The summed E-state index contributed by atoms with van der Waals surface area (Å²) in [6.07, 6.45) is -3.62. The summed E-state index contributed by atoms with van der Waals surface area (Å²) in [6, 6.07) is 7.69. The Labute approximate surface area is 159 Å². The lowest BCUT2D eigenvalue weighted by Gasteiger charge is -2.11. The highest BCUT2D eigenvalue weighted by atomic mass is 19.4. The van der Waals surface area contributed by atoms with E-state index in [0.717, 1.165) is 6.07 Å². The van der Waals surface area contributed by atoms with Crippen LogP contribution in [-0.2, 0) is 22.3 Å². The molecule has 0 atom stereocenters. The molecule has 28 heavy (non-hydrogen) atoms. The Morgan fingerprint density at radius 1 is 0.964 bits per heavy atom. The zero-order chi connectivity index (χ0) is 20.9. The van der Waals surface area contributed by atoms with Gasteiger partial charge in [0, 0.05) is 30.1 Å². The van der Waals surface area contributed by atoms with E-state index < -0.39 is 29.8 Å². The Kier molecular flexibility index (Phi) is 6.61. The zero-order valence-electron chi connectivity index (χ0n) is 15.3. The fourth-order valence-electron chi connectivity index (χ4n) is 2.40. The summed E-state index contributed by atoms with van der Waals surface area (Å²) in [5.74, 6) is -0.563. The molecule has 0 saturated carbocycles. The van der Waals surface area contributed by atoms with Gasteiger partial charge in [0.25, 0.3) is 5.56 Å². The third-order valence-corrected chi connectivity index (χ3v) is 3.67. The van der Waals surface area contributed by atoms with Gasteiger partial charge in [-0.25, -0.2) is 0 Å². The van der Waals surface area contributed by atoms with Crippen molar-refractivity contribution in [3.63, 3.8) is 0 Å². The molecule has 2 amide bonds. The SMILES string of the molecule is CC(C)CC(=O)Nc1ccc(NC(=O)Cn2cc(C(F)(F)F)ccc2=O)cc1. The number of benzene rings is 1. The Morgan fingerprint density at radius 2 is 1.50 bits per heavy atom. The summed E-state index contributed by atoms with van der Waals surface area (Å²) in [6.45, 7) is 3.29. The van der Waals surface area contributed by atoms with Crippen LogP contribution < -0.4 is 16.2 Å². The van der Waals surface area contributed by atoms with Gasteiger partial charge in [0.1, 0.15) is 6.54 Å². The monoisotopic (exact) mass is 395 g/mol. The van der Waals surface area contributed by atoms with E-state index >= 15 is 0 Å². The lowest BCUT2D eigenvalue weighted by Crippen LogP contribution is -2.28. The molecule has 9 heteroatoms. The maximum Gasteiger partial charge on any atom is 0.417 e. The maximum absolute atomic E-state index is 12.7. The molecule has 2 aromatic rings. The molecule has 0 radical (unpaired) electrons. The van der Waals surface area contributed by atoms with Crippen LogP contribution in [0, 0.1) is 5.92 Å². The van der Waals surface area contributed by atoms with Crippen molar-refractivity contribution in [2.24, 2.45) is 5.92 Å². The zero-order valence-corrected chi connectivity index (χ0v) is 15.3. The van der Waals surface area contributed by atoms with E-state index in [4.69, 9.17) is 0 Å². The molecule has 0 aliphatic rings.